The van der Waals surface area contributed by atoms with Crippen LogP contribution in [0.4, 0.5) is 4.39 Å². The molecule has 1 heterocycles. The molecule has 1 aromatic rings. The average Bonchev–Trinajstić information content (AvgIpc) is 2.22. The molecule has 0 bridgehead atoms. The maximum Gasteiger partial charge on any atom is 0.196 e. The number of halogens is 1. The SMILES string of the molecule is COc1cc(CN2CCC2)cc(F)c1OC. The van der Waals surface area contributed by atoms with Gasteiger partial charge in [0.1, 0.15) is 0 Å². The summed E-state index contributed by atoms with van der Waals surface area (Å²) in [5.41, 5.74) is 0.926. The van der Waals surface area contributed by atoms with E-state index in [9.17, 15) is 4.39 Å². The Labute approximate surface area is 94.8 Å². The molecule has 0 aliphatic carbocycles. The van der Waals surface area contributed by atoms with E-state index in [0.717, 1.165) is 25.2 Å². The van der Waals surface area contributed by atoms with Gasteiger partial charge < -0.3 is 9.47 Å². The zero-order valence-corrected chi connectivity index (χ0v) is 9.62. The number of hydrogen-bond donors (Lipinski definition) is 0. The lowest BCUT2D eigenvalue weighted by molar-refractivity contribution is 0.172. The zero-order chi connectivity index (χ0) is 11.5. The molecule has 1 aliphatic heterocycles. The van der Waals surface area contributed by atoms with Crippen molar-refractivity contribution in [2.45, 2.75) is 13.0 Å². The Kier molecular flexibility index (Phi) is 3.29. The molecule has 16 heavy (non-hydrogen) atoms. The van der Waals surface area contributed by atoms with E-state index in [1.807, 2.05) is 6.07 Å². The highest BCUT2D eigenvalue weighted by molar-refractivity contribution is 5.44. The first-order valence-corrected chi connectivity index (χ1v) is 5.37. The predicted octanol–water partition coefficient (Wildman–Crippen LogP) is 2.05. The van der Waals surface area contributed by atoms with Gasteiger partial charge in [0.2, 0.25) is 0 Å². The minimum absolute atomic E-state index is 0.176. The van der Waals surface area contributed by atoms with E-state index in [1.54, 1.807) is 0 Å². The molecule has 2 rings (SSSR count). The van der Waals surface area contributed by atoms with Crippen molar-refractivity contribution in [3.8, 4) is 11.5 Å². The van der Waals surface area contributed by atoms with Gasteiger partial charge in [0, 0.05) is 6.54 Å². The number of benzene rings is 1. The minimum Gasteiger partial charge on any atom is -0.493 e. The second kappa shape index (κ2) is 4.70. The molecule has 1 fully saturated rings. The Balaban J connectivity index is 2.22. The van der Waals surface area contributed by atoms with E-state index in [0.29, 0.717) is 5.75 Å². The summed E-state index contributed by atoms with van der Waals surface area (Å²) in [4.78, 5) is 2.26. The summed E-state index contributed by atoms with van der Waals surface area (Å²) in [7, 11) is 2.96. The molecule has 0 N–H and O–H groups in total. The Morgan fingerprint density at radius 3 is 2.50 bits per heavy atom. The first-order chi connectivity index (χ1) is 7.74. The normalized spacial score (nSPS) is 15.7. The minimum atomic E-state index is -0.364. The molecule has 1 saturated heterocycles. The summed E-state index contributed by atoms with van der Waals surface area (Å²) in [5, 5.41) is 0. The Morgan fingerprint density at radius 1 is 1.25 bits per heavy atom. The summed E-state index contributed by atoms with van der Waals surface area (Å²) in [6.07, 6.45) is 1.23. The molecule has 3 nitrogen and oxygen atoms in total. The third kappa shape index (κ3) is 2.11. The Bertz CT molecular complexity index is 378. The Hall–Kier alpha value is -1.29. The number of hydrogen-bond acceptors (Lipinski definition) is 3. The molecule has 0 atom stereocenters. The van der Waals surface area contributed by atoms with Crippen LogP contribution in [0.25, 0.3) is 0 Å². The standard InChI is InChI=1S/C12H16FNO2/c1-15-11-7-9(8-14-4-3-5-14)6-10(13)12(11)16-2/h6-7H,3-5,8H2,1-2H3. The smallest absolute Gasteiger partial charge is 0.196 e. The molecule has 0 unspecified atom stereocenters. The summed E-state index contributed by atoms with van der Waals surface area (Å²) in [6.45, 7) is 2.96. The van der Waals surface area contributed by atoms with Crippen molar-refractivity contribution in [3.63, 3.8) is 0 Å². The number of likely N-dealkylation sites (tertiary alicyclic amines) is 1. The molecule has 0 amide bonds. The fourth-order valence-corrected chi connectivity index (χ4v) is 1.86. The molecule has 0 spiro atoms. The van der Waals surface area contributed by atoms with E-state index in [1.165, 1.54) is 26.7 Å². The van der Waals surface area contributed by atoms with Gasteiger partial charge in [-0.2, -0.15) is 0 Å². The summed E-state index contributed by atoms with van der Waals surface area (Å²) in [6, 6.07) is 3.35. The summed E-state index contributed by atoms with van der Waals surface area (Å²) in [5.74, 6) is 0.269. The molecular weight excluding hydrogens is 209 g/mol. The lowest BCUT2D eigenvalue weighted by atomic mass is 10.1. The highest BCUT2D eigenvalue weighted by atomic mass is 19.1. The van der Waals surface area contributed by atoms with Gasteiger partial charge in [0.15, 0.2) is 17.3 Å². The molecule has 4 heteroatoms. The van der Waals surface area contributed by atoms with Crippen molar-refractivity contribution in [2.24, 2.45) is 0 Å². The van der Waals surface area contributed by atoms with Gasteiger partial charge in [-0.05, 0) is 37.2 Å². The molecular formula is C12H16FNO2. The van der Waals surface area contributed by atoms with Gasteiger partial charge in [0.05, 0.1) is 14.2 Å². The molecule has 0 radical (unpaired) electrons. The van der Waals surface area contributed by atoms with Gasteiger partial charge in [0.25, 0.3) is 0 Å². The zero-order valence-electron chi connectivity index (χ0n) is 9.62. The molecule has 1 aliphatic rings. The van der Waals surface area contributed by atoms with Crippen LogP contribution < -0.4 is 9.47 Å². The maximum absolute atomic E-state index is 13.6. The summed E-state index contributed by atoms with van der Waals surface area (Å²) >= 11 is 0. The second-order valence-corrected chi connectivity index (χ2v) is 3.94. The van der Waals surface area contributed by atoms with E-state index in [2.05, 4.69) is 4.90 Å². The lowest BCUT2D eigenvalue weighted by Crippen LogP contribution is -2.36. The highest BCUT2D eigenvalue weighted by Crippen LogP contribution is 2.32. The van der Waals surface area contributed by atoms with Gasteiger partial charge in [-0.25, -0.2) is 4.39 Å². The summed E-state index contributed by atoms with van der Waals surface area (Å²) < 4.78 is 23.7. The van der Waals surface area contributed by atoms with Crippen LogP contribution in [0.2, 0.25) is 0 Å². The van der Waals surface area contributed by atoms with E-state index < -0.39 is 0 Å². The van der Waals surface area contributed by atoms with Gasteiger partial charge in [-0.1, -0.05) is 0 Å². The monoisotopic (exact) mass is 225 g/mol. The molecule has 0 aromatic heterocycles. The molecule has 1 aromatic carbocycles. The fraction of sp³-hybridized carbons (Fsp3) is 0.500. The highest BCUT2D eigenvalue weighted by Gasteiger charge is 2.17. The van der Waals surface area contributed by atoms with Crippen LogP contribution in [0.5, 0.6) is 11.5 Å². The average molecular weight is 225 g/mol. The lowest BCUT2D eigenvalue weighted by Gasteiger charge is -2.30. The third-order valence-electron chi connectivity index (χ3n) is 2.85. The molecule has 88 valence electrons. The van der Waals surface area contributed by atoms with Crippen LogP contribution in [-0.2, 0) is 6.54 Å². The predicted molar refractivity (Wildman–Crippen MR) is 59.4 cm³/mol. The number of methoxy groups -OCH3 is 2. The van der Waals surface area contributed by atoms with Crippen LogP contribution in [0.15, 0.2) is 12.1 Å². The first-order valence-electron chi connectivity index (χ1n) is 5.37. The fourth-order valence-electron chi connectivity index (χ4n) is 1.86. The largest absolute Gasteiger partial charge is 0.493 e. The number of ether oxygens (including phenoxy) is 2. The van der Waals surface area contributed by atoms with E-state index >= 15 is 0 Å². The topological polar surface area (TPSA) is 21.7 Å². The maximum atomic E-state index is 13.6. The number of rotatable bonds is 4. The van der Waals surface area contributed by atoms with Crippen LogP contribution in [0.1, 0.15) is 12.0 Å². The van der Waals surface area contributed by atoms with E-state index in [4.69, 9.17) is 9.47 Å². The van der Waals surface area contributed by atoms with Crippen molar-refractivity contribution in [1.29, 1.82) is 0 Å². The van der Waals surface area contributed by atoms with Crippen molar-refractivity contribution < 1.29 is 13.9 Å². The van der Waals surface area contributed by atoms with Crippen molar-refractivity contribution in [3.05, 3.63) is 23.5 Å². The van der Waals surface area contributed by atoms with Crippen LogP contribution in [0.3, 0.4) is 0 Å². The molecule has 0 saturated carbocycles. The van der Waals surface area contributed by atoms with Crippen molar-refractivity contribution >= 4 is 0 Å². The quantitative estimate of drug-likeness (QED) is 0.782. The number of nitrogens with zero attached hydrogens (tertiary/aromatic N) is 1. The van der Waals surface area contributed by atoms with Crippen molar-refractivity contribution in [1.82, 2.24) is 4.90 Å². The van der Waals surface area contributed by atoms with Crippen LogP contribution in [-0.4, -0.2) is 32.2 Å². The van der Waals surface area contributed by atoms with Crippen LogP contribution >= 0.6 is 0 Å². The van der Waals surface area contributed by atoms with Gasteiger partial charge >= 0.3 is 0 Å². The second-order valence-electron chi connectivity index (χ2n) is 3.94. The third-order valence-corrected chi connectivity index (χ3v) is 2.85. The van der Waals surface area contributed by atoms with E-state index in [-0.39, 0.29) is 11.6 Å². The first kappa shape index (κ1) is 11.2. The van der Waals surface area contributed by atoms with Gasteiger partial charge in [-0.15, -0.1) is 0 Å². The Morgan fingerprint density at radius 2 is 2.00 bits per heavy atom. The van der Waals surface area contributed by atoms with Crippen LogP contribution in [0, 0.1) is 5.82 Å². The van der Waals surface area contributed by atoms with Gasteiger partial charge in [-0.3, -0.25) is 4.90 Å². The van der Waals surface area contributed by atoms with Crippen molar-refractivity contribution in [2.75, 3.05) is 27.3 Å².